The molecule has 0 heterocycles. The predicted octanol–water partition coefficient (Wildman–Crippen LogP) is 5.17. The summed E-state index contributed by atoms with van der Waals surface area (Å²) >= 11 is 0. The molecule has 1 fully saturated rings. The molecule has 0 aliphatic heterocycles. The van der Waals surface area contributed by atoms with Crippen LogP contribution in [0.3, 0.4) is 0 Å². The lowest BCUT2D eigenvalue weighted by atomic mass is 10.1. The van der Waals surface area contributed by atoms with Crippen molar-refractivity contribution >= 4 is 5.97 Å². The molecule has 2 nitrogen and oxygen atoms in total. The first-order chi connectivity index (χ1) is 9.22. The van der Waals surface area contributed by atoms with E-state index in [0.717, 1.165) is 25.7 Å². The number of esters is 1. The van der Waals surface area contributed by atoms with Crippen molar-refractivity contribution in [1.29, 1.82) is 0 Å². The number of carbonyl (C=O) groups excluding carboxylic acids is 1. The topological polar surface area (TPSA) is 26.3 Å². The van der Waals surface area contributed by atoms with Gasteiger partial charge >= 0.3 is 5.97 Å². The van der Waals surface area contributed by atoms with E-state index in [2.05, 4.69) is 13.5 Å². The summed E-state index contributed by atoms with van der Waals surface area (Å²) in [4.78, 5) is 11.6. The van der Waals surface area contributed by atoms with Gasteiger partial charge in [-0.1, -0.05) is 64.9 Å². The normalized spacial score (nSPS) is 16.1. The second-order valence-electron chi connectivity index (χ2n) is 5.82. The second kappa shape index (κ2) is 9.17. The Balaban J connectivity index is 1.85. The summed E-state index contributed by atoms with van der Waals surface area (Å²) < 4.78 is 5.41. The zero-order valence-corrected chi connectivity index (χ0v) is 12.6. The summed E-state index contributed by atoms with van der Waals surface area (Å²) in [5, 5.41) is 0. The van der Waals surface area contributed by atoms with Gasteiger partial charge < -0.3 is 4.74 Å². The Hall–Kier alpha value is -0.790. The van der Waals surface area contributed by atoms with Gasteiger partial charge in [-0.25, -0.2) is 0 Å². The molecule has 110 valence electrons. The molecule has 0 aromatic rings. The third-order valence-corrected chi connectivity index (χ3v) is 3.92. The van der Waals surface area contributed by atoms with Crippen molar-refractivity contribution in [1.82, 2.24) is 0 Å². The Morgan fingerprint density at radius 3 is 2.05 bits per heavy atom. The predicted molar refractivity (Wildman–Crippen MR) is 80.1 cm³/mol. The molecule has 2 heteroatoms. The van der Waals surface area contributed by atoms with Crippen LogP contribution in [-0.2, 0) is 9.53 Å². The Morgan fingerprint density at radius 1 is 1.05 bits per heavy atom. The van der Waals surface area contributed by atoms with Gasteiger partial charge in [0.05, 0.1) is 0 Å². The smallest absolute Gasteiger partial charge is 0.306 e. The third kappa shape index (κ3) is 7.39. The van der Waals surface area contributed by atoms with Gasteiger partial charge in [0.15, 0.2) is 0 Å². The summed E-state index contributed by atoms with van der Waals surface area (Å²) in [6.07, 6.45) is 15.8. The van der Waals surface area contributed by atoms with Crippen LogP contribution in [0.4, 0.5) is 0 Å². The van der Waals surface area contributed by atoms with Gasteiger partial charge in [-0.2, -0.15) is 0 Å². The fraction of sp³-hybridized carbons (Fsp3) is 0.824. The SMILES string of the molecule is C=CC1(OC(=O)CCCCCCCCCCC)CC1. The maximum atomic E-state index is 11.6. The lowest BCUT2D eigenvalue weighted by molar-refractivity contribution is -0.148. The largest absolute Gasteiger partial charge is 0.455 e. The molecule has 1 saturated carbocycles. The van der Waals surface area contributed by atoms with E-state index in [1.807, 2.05) is 0 Å². The standard InChI is InChI=1S/C17H30O2/c1-3-5-6-7-8-9-10-11-12-13-16(18)19-17(4-2)14-15-17/h4H,2-3,5-15H2,1H3. The minimum Gasteiger partial charge on any atom is -0.455 e. The van der Waals surface area contributed by atoms with Crippen molar-refractivity contribution in [3.8, 4) is 0 Å². The van der Waals surface area contributed by atoms with Crippen LogP contribution in [0.15, 0.2) is 12.7 Å². The van der Waals surface area contributed by atoms with Gasteiger partial charge in [-0.15, -0.1) is 0 Å². The lowest BCUT2D eigenvalue weighted by Gasteiger charge is -2.11. The maximum absolute atomic E-state index is 11.6. The third-order valence-electron chi connectivity index (χ3n) is 3.92. The number of hydrogen-bond donors (Lipinski definition) is 0. The average molecular weight is 266 g/mol. The summed E-state index contributed by atoms with van der Waals surface area (Å²) in [5.41, 5.74) is -0.281. The van der Waals surface area contributed by atoms with Crippen molar-refractivity contribution in [2.45, 2.75) is 89.6 Å². The van der Waals surface area contributed by atoms with Crippen LogP contribution in [0.1, 0.15) is 84.0 Å². The molecule has 1 aliphatic rings. The van der Waals surface area contributed by atoms with Crippen LogP contribution in [-0.4, -0.2) is 11.6 Å². The number of hydrogen-bond acceptors (Lipinski definition) is 2. The highest BCUT2D eigenvalue weighted by Crippen LogP contribution is 2.40. The van der Waals surface area contributed by atoms with Crippen LogP contribution in [0, 0.1) is 0 Å². The van der Waals surface area contributed by atoms with Crippen LogP contribution in [0.25, 0.3) is 0 Å². The van der Waals surface area contributed by atoms with E-state index in [1.165, 1.54) is 44.9 Å². The van der Waals surface area contributed by atoms with E-state index in [9.17, 15) is 4.79 Å². The molecule has 0 spiro atoms. The summed E-state index contributed by atoms with van der Waals surface area (Å²) in [6.45, 7) is 5.97. The first-order valence-corrected chi connectivity index (χ1v) is 8.08. The zero-order valence-electron chi connectivity index (χ0n) is 12.6. The molecule has 0 radical (unpaired) electrons. The Kier molecular flexibility index (Phi) is 7.85. The fourth-order valence-corrected chi connectivity index (χ4v) is 2.33. The molecule has 1 rings (SSSR count). The van der Waals surface area contributed by atoms with Crippen LogP contribution in [0.5, 0.6) is 0 Å². The van der Waals surface area contributed by atoms with Gasteiger partial charge in [0.25, 0.3) is 0 Å². The van der Waals surface area contributed by atoms with E-state index in [1.54, 1.807) is 6.08 Å². The van der Waals surface area contributed by atoms with Crippen LogP contribution in [0.2, 0.25) is 0 Å². The monoisotopic (exact) mass is 266 g/mol. The second-order valence-corrected chi connectivity index (χ2v) is 5.82. The van der Waals surface area contributed by atoms with Crippen molar-refractivity contribution < 1.29 is 9.53 Å². The van der Waals surface area contributed by atoms with Gasteiger partial charge in [0.1, 0.15) is 5.60 Å². The van der Waals surface area contributed by atoms with Crippen molar-refractivity contribution in [2.24, 2.45) is 0 Å². The molecule has 1 aliphatic carbocycles. The molecule has 0 aromatic heterocycles. The van der Waals surface area contributed by atoms with E-state index >= 15 is 0 Å². The first-order valence-electron chi connectivity index (χ1n) is 8.08. The van der Waals surface area contributed by atoms with E-state index in [4.69, 9.17) is 4.74 Å². The van der Waals surface area contributed by atoms with Crippen LogP contribution < -0.4 is 0 Å². The molecule has 0 unspecified atom stereocenters. The summed E-state index contributed by atoms with van der Waals surface area (Å²) in [6, 6.07) is 0. The molecular weight excluding hydrogens is 236 g/mol. The number of carbonyl (C=O) groups is 1. The number of ether oxygens (including phenoxy) is 1. The van der Waals surface area contributed by atoms with E-state index in [0.29, 0.717) is 6.42 Å². The highest BCUT2D eigenvalue weighted by molar-refractivity contribution is 5.70. The molecule has 19 heavy (non-hydrogen) atoms. The fourth-order valence-electron chi connectivity index (χ4n) is 2.33. The van der Waals surface area contributed by atoms with Crippen molar-refractivity contribution in [2.75, 3.05) is 0 Å². The van der Waals surface area contributed by atoms with Gasteiger partial charge in [0, 0.05) is 6.42 Å². The summed E-state index contributed by atoms with van der Waals surface area (Å²) in [7, 11) is 0. The van der Waals surface area contributed by atoms with Crippen molar-refractivity contribution in [3.05, 3.63) is 12.7 Å². The van der Waals surface area contributed by atoms with Gasteiger partial charge in [-0.3, -0.25) is 4.79 Å². The average Bonchev–Trinajstić information content (AvgIpc) is 3.17. The molecule has 0 saturated heterocycles. The molecule has 0 bridgehead atoms. The zero-order chi connectivity index (χ0) is 14.0. The Morgan fingerprint density at radius 2 is 1.58 bits per heavy atom. The molecule has 0 N–H and O–H groups in total. The Labute approximate surface area is 118 Å². The lowest BCUT2D eigenvalue weighted by Crippen LogP contribution is -2.16. The number of unbranched alkanes of at least 4 members (excludes halogenated alkanes) is 8. The summed E-state index contributed by atoms with van der Waals surface area (Å²) in [5.74, 6) is -0.0413. The van der Waals surface area contributed by atoms with Crippen molar-refractivity contribution in [3.63, 3.8) is 0 Å². The minimum atomic E-state index is -0.281. The van der Waals surface area contributed by atoms with E-state index < -0.39 is 0 Å². The molecule has 0 amide bonds. The Bertz CT molecular complexity index is 266. The number of rotatable bonds is 12. The highest BCUT2D eigenvalue weighted by Gasteiger charge is 2.43. The van der Waals surface area contributed by atoms with Gasteiger partial charge in [0.2, 0.25) is 0 Å². The maximum Gasteiger partial charge on any atom is 0.306 e. The van der Waals surface area contributed by atoms with E-state index in [-0.39, 0.29) is 11.6 Å². The quantitative estimate of drug-likeness (QED) is 0.277. The minimum absolute atomic E-state index is 0.0413. The molecular formula is C17H30O2. The van der Waals surface area contributed by atoms with Gasteiger partial charge in [-0.05, 0) is 25.3 Å². The van der Waals surface area contributed by atoms with Crippen LogP contribution >= 0.6 is 0 Å². The molecule has 0 aromatic carbocycles. The molecule has 0 atom stereocenters. The first kappa shape index (κ1) is 16.3. The highest BCUT2D eigenvalue weighted by atomic mass is 16.6.